The molecule has 14 heavy (non-hydrogen) atoms. The van der Waals surface area contributed by atoms with Crippen molar-refractivity contribution in [3.05, 3.63) is 22.8 Å². The Kier molecular flexibility index (Phi) is 3.26. The minimum absolute atomic E-state index is 0.0243. The fourth-order valence-corrected chi connectivity index (χ4v) is 0.950. The number of carbonyl (C=O) groups is 1. The SMILES string of the molecule is N#Cc1ccnc(OCC(=O)O)c1Cl. The summed E-state index contributed by atoms with van der Waals surface area (Å²) in [5, 5.41) is 16.9. The van der Waals surface area contributed by atoms with Crippen molar-refractivity contribution in [2.75, 3.05) is 6.61 Å². The number of pyridine rings is 1. The molecule has 5 nitrogen and oxygen atoms in total. The highest BCUT2D eigenvalue weighted by Crippen LogP contribution is 2.24. The van der Waals surface area contributed by atoms with Gasteiger partial charge in [0, 0.05) is 6.20 Å². The molecule has 1 aromatic rings. The Balaban J connectivity index is 2.88. The molecule has 0 radical (unpaired) electrons. The third kappa shape index (κ3) is 2.34. The summed E-state index contributed by atoms with van der Waals surface area (Å²) in [6.07, 6.45) is 1.32. The van der Waals surface area contributed by atoms with Crippen molar-refractivity contribution in [2.45, 2.75) is 0 Å². The van der Waals surface area contributed by atoms with E-state index >= 15 is 0 Å². The van der Waals surface area contributed by atoms with Crippen molar-refractivity contribution in [3.63, 3.8) is 0 Å². The highest BCUT2D eigenvalue weighted by Gasteiger charge is 2.09. The number of carboxylic acids is 1. The van der Waals surface area contributed by atoms with Gasteiger partial charge in [-0.2, -0.15) is 5.26 Å². The minimum Gasteiger partial charge on any atom is -0.479 e. The number of carboxylic acid groups (broad SMARTS) is 1. The van der Waals surface area contributed by atoms with E-state index in [1.807, 2.05) is 6.07 Å². The Hall–Kier alpha value is -1.80. The third-order valence-electron chi connectivity index (χ3n) is 1.31. The average molecular weight is 213 g/mol. The first kappa shape index (κ1) is 10.3. The molecule has 1 heterocycles. The molecule has 1 aromatic heterocycles. The first-order chi connectivity index (χ1) is 6.65. The number of aliphatic carboxylic acids is 1. The molecule has 0 aliphatic heterocycles. The molecule has 0 bridgehead atoms. The molecular weight excluding hydrogens is 208 g/mol. The smallest absolute Gasteiger partial charge is 0.341 e. The lowest BCUT2D eigenvalue weighted by molar-refractivity contribution is -0.139. The topological polar surface area (TPSA) is 83.2 Å². The summed E-state index contributed by atoms with van der Waals surface area (Å²) in [6, 6.07) is 3.24. The van der Waals surface area contributed by atoms with Crippen LogP contribution >= 0.6 is 11.6 Å². The van der Waals surface area contributed by atoms with Crippen LogP contribution in [0.2, 0.25) is 5.02 Å². The number of hydrogen-bond acceptors (Lipinski definition) is 4. The monoisotopic (exact) mass is 212 g/mol. The van der Waals surface area contributed by atoms with E-state index in [-0.39, 0.29) is 16.5 Å². The second-order valence-electron chi connectivity index (χ2n) is 2.27. The number of aromatic nitrogens is 1. The zero-order valence-corrected chi connectivity index (χ0v) is 7.65. The largest absolute Gasteiger partial charge is 0.479 e. The van der Waals surface area contributed by atoms with Crippen LogP contribution in [0.25, 0.3) is 0 Å². The Morgan fingerprint density at radius 1 is 1.79 bits per heavy atom. The van der Waals surface area contributed by atoms with Crippen molar-refractivity contribution < 1.29 is 14.6 Å². The molecule has 0 aliphatic rings. The summed E-state index contributed by atoms with van der Waals surface area (Å²) in [7, 11) is 0. The van der Waals surface area contributed by atoms with Gasteiger partial charge in [0.25, 0.3) is 0 Å². The van der Waals surface area contributed by atoms with E-state index in [9.17, 15) is 4.79 Å². The summed E-state index contributed by atoms with van der Waals surface area (Å²) in [5.41, 5.74) is 0.196. The number of hydrogen-bond donors (Lipinski definition) is 1. The predicted octanol–water partition coefficient (Wildman–Crippen LogP) is 1.07. The van der Waals surface area contributed by atoms with Crippen LogP contribution in [0.3, 0.4) is 0 Å². The van der Waals surface area contributed by atoms with Gasteiger partial charge in [-0.05, 0) is 6.07 Å². The summed E-state index contributed by atoms with van der Waals surface area (Å²) >= 11 is 5.69. The van der Waals surface area contributed by atoms with Crippen molar-refractivity contribution >= 4 is 17.6 Å². The van der Waals surface area contributed by atoms with Crippen LogP contribution in [-0.4, -0.2) is 22.7 Å². The molecule has 0 unspecified atom stereocenters. The zero-order chi connectivity index (χ0) is 10.6. The summed E-state index contributed by atoms with van der Waals surface area (Å²) in [6.45, 7) is -0.540. The molecule has 1 N–H and O–H groups in total. The Morgan fingerprint density at radius 3 is 3.07 bits per heavy atom. The molecule has 0 amide bonds. The molecule has 72 valence electrons. The van der Waals surface area contributed by atoms with E-state index in [0.29, 0.717) is 0 Å². The summed E-state index contributed by atoms with van der Waals surface area (Å²) < 4.78 is 4.75. The maximum atomic E-state index is 10.2. The normalized spacial score (nSPS) is 9.14. The van der Waals surface area contributed by atoms with Crippen LogP contribution in [0.4, 0.5) is 0 Å². The van der Waals surface area contributed by atoms with E-state index in [2.05, 4.69) is 4.98 Å². The number of nitrogens with zero attached hydrogens (tertiary/aromatic N) is 2. The Bertz CT molecular complexity index is 400. The van der Waals surface area contributed by atoms with Gasteiger partial charge in [0.1, 0.15) is 11.1 Å². The van der Waals surface area contributed by atoms with Crippen LogP contribution in [-0.2, 0) is 4.79 Å². The molecule has 0 saturated heterocycles. The van der Waals surface area contributed by atoms with Gasteiger partial charge in [-0.25, -0.2) is 9.78 Å². The zero-order valence-electron chi connectivity index (χ0n) is 6.90. The average Bonchev–Trinajstić information content (AvgIpc) is 2.16. The van der Waals surface area contributed by atoms with Gasteiger partial charge in [-0.1, -0.05) is 11.6 Å². The Morgan fingerprint density at radius 2 is 2.50 bits per heavy atom. The fraction of sp³-hybridized carbons (Fsp3) is 0.125. The molecule has 0 fully saturated rings. The minimum atomic E-state index is -1.13. The molecule has 0 atom stereocenters. The highest BCUT2D eigenvalue weighted by molar-refractivity contribution is 6.32. The second kappa shape index (κ2) is 4.44. The van der Waals surface area contributed by atoms with Gasteiger partial charge in [-0.3, -0.25) is 0 Å². The summed E-state index contributed by atoms with van der Waals surface area (Å²) in [4.78, 5) is 13.9. The molecule has 0 aliphatic carbocycles. The second-order valence-corrected chi connectivity index (χ2v) is 2.65. The van der Waals surface area contributed by atoms with Crippen LogP contribution in [0.15, 0.2) is 12.3 Å². The molecule has 1 rings (SSSR count). The van der Waals surface area contributed by atoms with Gasteiger partial charge in [-0.15, -0.1) is 0 Å². The van der Waals surface area contributed by atoms with Crippen LogP contribution in [0, 0.1) is 11.3 Å². The van der Waals surface area contributed by atoms with E-state index in [4.69, 9.17) is 26.7 Å². The van der Waals surface area contributed by atoms with Crippen LogP contribution < -0.4 is 4.74 Å². The number of ether oxygens (including phenoxy) is 1. The lowest BCUT2D eigenvalue weighted by atomic mass is 10.3. The van der Waals surface area contributed by atoms with Gasteiger partial charge in [0.15, 0.2) is 6.61 Å². The van der Waals surface area contributed by atoms with Gasteiger partial charge in [0.2, 0.25) is 5.88 Å². The quantitative estimate of drug-likeness (QED) is 0.810. The van der Waals surface area contributed by atoms with E-state index in [1.54, 1.807) is 0 Å². The lowest BCUT2D eigenvalue weighted by Crippen LogP contribution is -2.10. The van der Waals surface area contributed by atoms with Gasteiger partial charge in [0.05, 0.1) is 5.56 Å². The Labute approximate surface area is 84.5 Å². The van der Waals surface area contributed by atoms with Crippen molar-refractivity contribution in [2.24, 2.45) is 0 Å². The first-order valence-electron chi connectivity index (χ1n) is 3.54. The van der Waals surface area contributed by atoms with Crippen molar-refractivity contribution in [1.82, 2.24) is 4.98 Å². The molecule has 6 heteroatoms. The molecule has 0 spiro atoms. The first-order valence-corrected chi connectivity index (χ1v) is 3.92. The lowest BCUT2D eigenvalue weighted by Gasteiger charge is -2.03. The van der Waals surface area contributed by atoms with Gasteiger partial charge >= 0.3 is 5.97 Å². The number of nitriles is 1. The molecule has 0 saturated carbocycles. The number of halogens is 1. The van der Waals surface area contributed by atoms with Crippen LogP contribution in [0.1, 0.15) is 5.56 Å². The van der Waals surface area contributed by atoms with E-state index in [0.717, 1.165) is 0 Å². The predicted molar refractivity (Wildman–Crippen MR) is 47.1 cm³/mol. The van der Waals surface area contributed by atoms with Gasteiger partial charge < -0.3 is 9.84 Å². The maximum absolute atomic E-state index is 10.2. The molecular formula is C8H5ClN2O3. The summed E-state index contributed by atoms with van der Waals surface area (Å²) in [5.74, 6) is -1.18. The number of rotatable bonds is 3. The standard InChI is InChI=1S/C8H5ClN2O3/c9-7-5(3-10)1-2-11-8(7)14-4-6(12)13/h1-2H,4H2,(H,12,13). The van der Waals surface area contributed by atoms with E-state index in [1.165, 1.54) is 12.3 Å². The van der Waals surface area contributed by atoms with Crippen molar-refractivity contribution in [3.8, 4) is 11.9 Å². The van der Waals surface area contributed by atoms with Crippen molar-refractivity contribution in [1.29, 1.82) is 5.26 Å². The molecule has 0 aromatic carbocycles. The highest BCUT2D eigenvalue weighted by atomic mass is 35.5. The third-order valence-corrected chi connectivity index (χ3v) is 1.68. The van der Waals surface area contributed by atoms with E-state index < -0.39 is 12.6 Å². The maximum Gasteiger partial charge on any atom is 0.341 e. The fourth-order valence-electron chi connectivity index (χ4n) is 0.742. The van der Waals surface area contributed by atoms with Crippen LogP contribution in [0.5, 0.6) is 5.88 Å².